The molecule has 6 heteroatoms. The first-order valence-corrected chi connectivity index (χ1v) is 15.5. The minimum atomic E-state index is -1.10. The molecule has 3 saturated carbocycles. The first-order chi connectivity index (χ1) is 18.4. The monoisotopic (exact) mass is 546 g/mol. The molecule has 222 valence electrons. The highest BCUT2D eigenvalue weighted by molar-refractivity contribution is 5.38. The van der Waals surface area contributed by atoms with Crippen LogP contribution < -0.4 is 0 Å². The Hall–Kier alpha value is -1.02. The largest absolute Gasteiger partial charge is 0.394 e. The van der Waals surface area contributed by atoms with E-state index in [1.807, 2.05) is 13.8 Å². The lowest BCUT2D eigenvalue weighted by atomic mass is 9.60. The highest BCUT2D eigenvalue weighted by atomic mass is 16.7. The summed E-state index contributed by atoms with van der Waals surface area (Å²) >= 11 is 0. The number of aliphatic hydroxyl groups is 4. The third-order valence-electron chi connectivity index (χ3n) is 10.4. The molecule has 4 N–H and O–H groups in total. The normalized spacial score (nSPS) is 40.7. The molecule has 0 amide bonds. The highest BCUT2D eigenvalue weighted by Gasteiger charge is 2.50. The topological polar surface area (TPSA) is 99.4 Å². The predicted octanol–water partition coefficient (Wildman–Crippen LogP) is 5.59. The Balaban J connectivity index is 1.39. The van der Waals surface area contributed by atoms with Gasteiger partial charge in [0, 0.05) is 6.42 Å². The second kappa shape index (κ2) is 12.9. The maximum atomic E-state index is 10.2. The molecule has 1 heterocycles. The molecule has 0 bridgehead atoms. The summed E-state index contributed by atoms with van der Waals surface area (Å²) in [7, 11) is 0. The van der Waals surface area contributed by atoms with Gasteiger partial charge in [0.15, 0.2) is 6.29 Å². The number of allylic oxidation sites excluding steroid dienone is 3. The van der Waals surface area contributed by atoms with Gasteiger partial charge in [-0.3, -0.25) is 0 Å². The van der Waals surface area contributed by atoms with Crippen molar-refractivity contribution in [1.82, 2.24) is 0 Å². The van der Waals surface area contributed by atoms with Gasteiger partial charge >= 0.3 is 0 Å². The van der Waals surface area contributed by atoms with Gasteiger partial charge in [0.1, 0.15) is 12.2 Å². The average Bonchev–Trinajstić information content (AvgIpc) is 3.23. The zero-order valence-electron chi connectivity index (χ0n) is 24.8. The number of aliphatic hydroxyl groups excluding tert-OH is 3. The zero-order valence-corrected chi connectivity index (χ0v) is 24.8. The Bertz CT molecular complexity index is 902. The fourth-order valence-corrected chi connectivity index (χ4v) is 8.18. The molecule has 3 aliphatic carbocycles. The van der Waals surface area contributed by atoms with Crippen LogP contribution in [0.25, 0.3) is 0 Å². The lowest BCUT2D eigenvalue weighted by Crippen LogP contribution is -2.51. The quantitative estimate of drug-likeness (QED) is 0.301. The molecule has 9 atom stereocenters. The van der Waals surface area contributed by atoms with Crippen molar-refractivity contribution in [3.8, 4) is 0 Å². The van der Waals surface area contributed by atoms with E-state index >= 15 is 0 Å². The lowest BCUT2D eigenvalue weighted by molar-refractivity contribution is -0.266. The SMILES string of the molecule is C=C1/C(=C\C=C2/CCCC3(C)C2CCC3C(C)CCCC(C)(C)O)CCCC1OC1CC(O)C(O)C(CO)O1. The second-order valence-corrected chi connectivity index (χ2v) is 13.8. The lowest BCUT2D eigenvalue weighted by Gasteiger charge is -2.44. The van der Waals surface area contributed by atoms with Gasteiger partial charge in [-0.2, -0.15) is 0 Å². The van der Waals surface area contributed by atoms with Crippen molar-refractivity contribution < 1.29 is 29.9 Å². The summed E-state index contributed by atoms with van der Waals surface area (Å²) in [4.78, 5) is 0. The van der Waals surface area contributed by atoms with E-state index in [0.29, 0.717) is 17.3 Å². The van der Waals surface area contributed by atoms with E-state index in [4.69, 9.17) is 9.47 Å². The van der Waals surface area contributed by atoms with Crippen LogP contribution in [0.4, 0.5) is 0 Å². The van der Waals surface area contributed by atoms with Gasteiger partial charge in [0.25, 0.3) is 0 Å². The molecule has 6 nitrogen and oxygen atoms in total. The molecule has 0 aromatic heterocycles. The van der Waals surface area contributed by atoms with Gasteiger partial charge in [-0.15, -0.1) is 0 Å². The number of hydrogen-bond donors (Lipinski definition) is 4. The van der Waals surface area contributed by atoms with Crippen LogP contribution in [0.2, 0.25) is 0 Å². The van der Waals surface area contributed by atoms with Crippen LogP contribution in [-0.4, -0.2) is 63.3 Å². The Morgan fingerprint density at radius 1 is 1.15 bits per heavy atom. The van der Waals surface area contributed by atoms with Crippen molar-refractivity contribution in [3.05, 3.63) is 35.5 Å². The average molecular weight is 547 g/mol. The van der Waals surface area contributed by atoms with E-state index in [9.17, 15) is 20.4 Å². The molecule has 0 radical (unpaired) electrons. The van der Waals surface area contributed by atoms with Crippen LogP contribution in [-0.2, 0) is 9.47 Å². The van der Waals surface area contributed by atoms with Crippen LogP contribution in [0.1, 0.15) is 105 Å². The Morgan fingerprint density at radius 2 is 1.92 bits per heavy atom. The van der Waals surface area contributed by atoms with Crippen molar-refractivity contribution in [1.29, 1.82) is 0 Å². The number of hydrogen-bond acceptors (Lipinski definition) is 6. The molecule has 1 saturated heterocycles. The van der Waals surface area contributed by atoms with Gasteiger partial charge in [-0.25, -0.2) is 0 Å². The van der Waals surface area contributed by atoms with E-state index in [2.05, 4.69) is 32.6 Å². The molecule has 4 aliphatic rings. The number of ether oxygens (including phenoxy) is 2. The smallest absolute Gasteiger partial charge is 0.161 e. The zero-order chi connectivity index (χ0) is 28.4. The van der Waals surface area contributed by atoms with E-state index in [0.717, 1.165) is 43.6 Å². The van der Waals surface area contributed by atoms with Crippen LogP contribution in [0.15, 0.2) is 35.5 Å². The third-order valence-corrected chi connectivity index (χ3v) is 10.4. The van der Waals surface area contributed by atoms with Crippen LogP contribution in [0.3, 0.4) is 0 Å². The van der Waals surface area contributed by atoms with E-state index in [-0.39, 0.29) is 19.1 Å². The number of rotatable bonds is 9. The molecular weight excluding hydrogens is 492 g/mol. The molecule has 0 aromatic carbocycles. The molecule has 4 fully saturated rings. The Morgan fingerprint density at radius 3 is 2.64 bits per heavy atom. The van der Waals surface area contributed by atoms with Crippen molar-refractivity contribution in [3.63, 3.8) is 0 Å². The maximum Gasteiger partial charge on any atom is 0.161 e. The third kappa shape index (κ3) is 7.25. The first kappa shape index (κ1) is 30.9. The van der Waals surface area contributed by atoms with Crippen molar-refractivity contribution in [2.24, 2.45) is 23.2 Å². The molecule has 9 unspecified atom stereocenters. The molecule has 0 spiro atoms. The molecule has 0 aromatic rings. The van der Waals surface area contributed by atoms with Crippen molar-refractivity contribution in [2.45, 2.75) is 141 Å². The summed E-state index contributed by atoms with van der Waals surface area (Å²) < 4.78 is 11.9. The predicted molar refractivity (Wildman–Crippen MR) is 154 cm³/mol. The second-order valence-electron chi connectivity index (χ2n) is 13.8. The summed E-state index contributed by atoms with van der Waals surface area (Å²) in [6.45, 7) is 12.8. The Kier molecular flexibility index (Phi) is 10.2. The number of fused-ring (bicyclic) bond motifs is 1. The highest BCUT2D eigenvalue weighted by Crippen LogP contribution is 2.60. The molecule has 4 rings (SSSR count). The van der Waals surface area contributed by atoms with Gasteiger partial charge in [0.2, 0.25) is 0 Å². The fraction of sp³-hybridized carbons (Fsp3) is 0.818. The molecule has 1 aliphatic heterocycles. The summed E-state index contributed by atoms with van der Waals surface area (Å²) in [6.07, 6.45) is 13.4. The van der Waals surface area contributed by atoms with Crippen LogP contribution in [0.5, 0.6) is 0 Å². The van der Waals surface area contributed by atoms with Crippen molar-refractivity contribution >= 4 is 0 Å². The summed E-state index contributed by atoms with van der Waals surface area (Å²) in [5.41, 5.74) is 3.59. The van der Waals surface area contributed by atoms with Crippen molar-refractivity contribution in [2.75, 3.05) is 6.61 Å². The summed E-state index contributed by atoms with van der Waals surface area (Å²) in [5.74, 6) is 2.08. The maximum absolute atomic E-state index is 10.2. The van der Waals surface area contributed by atoms with Gasteiger partial charge in [0.05, 0.1) is 24.4 Å². The minimum Gasteiger partial charge on any atom is -0.394 e. The fourth-order valence-electron chi connectivity index (χ4n) is 8.18. The molecule has 39 heavy (non-hydrogen) atoms. The Labute approximate surface area is 236 Å². The van der Waals surface area contributed by atoms with E-state index in [1.165, 1.54) is 44.1 Å². The standard InChI is InChI=1S/C33H54O6/c1-21(9-7-17-32(3,4)37)25-15-16-26-24(11-8-18-33(25,26)5)14-13-23-10-6-12-28(22(23)2)38-30-19-27(35)31(36)29(20-34)39-30/h13-14,21,25-31,34-37H,2,6-12,15-20H2,1,3-5H3/b23-13-,24-14+. The minimum absolute atomic E-state index is 0.183. The van der Waals surface area contributed by atoms with Crippen LogP contribution >= 0.6 is 0 Å². The first-order valence-electron chi connectivity index (χ1n) is 15.5. The molecular formula is C33H54O6. The van der Waals surface area contributed by atoms with Gasteiger partial charge in [-0.05, 0) is 106 Å². The van der Waals surface area contributed by atoms with E-state index in [1.54, 1.807) is 5.57 Å². The summed E-state index contributed by atoms with van der Waals surface area (Å²) in [6, 6.07) is 0. The summed E-state index contributed by atoms with van der Waals surface area (Å²) in [5, 5.41) is 39.8. The van der Waals surface area contributed by atoms with Gasteiger partial charge in [-0.1, -0.05) is 51.0 Å². The van der Waals surface area contributed by atoms with Crippen LogP contribution in [0, 0.1) is 23.2 Å². The van der Waals surface area contributed by atoms with E-state index < -0.39 is 30.2 Å². The van der Waals surface area contributed by atoms with Gasteiger partial charge < -0.3 is 29.9 Å².